The molecule has 1 aliphatic heterocycles. The van der Waals surface area contributed by atoms with Gasteiger partial charge >= 0.3 is 0 Å². The topological polar surface area (TPSA) is 58.6 Å². The van der Waals surface area contributed by atoms with Crippen molar-refractivity contribution in [3.8, 4) is 0 Å². The summed E-state index contributed by atoms with van der Waals surface area (Å²) in [6, 6.07) is 5.91. The van der Waals surface area contributed by atoms with Crippen LogP contribution in [0.25, 0.3) is 0 Å². The molecule has 1 fully saturated rings. The summed E-state index contributed by atoms with van der Waals surface area (Å²) in [5.41, 5.74) is 1.76. The van der Waals surface area contributed by atoms with E-state index in [1.165, 1.54) is 23.5 Å². The number of fused-ring (bicyclic) bond motifs is 1. The maximum absolute atomic E-state index is 14.2. The fraction of sp³-hybridized carbons (Fsp3) is 0.538. The molecule has 0 bridgehead atoms. The molecule has 0 spiro atoms. The minimum atomic E-state index is -0.576. The van der Waals surface area contributed by atoms with Gasteiger partial charge in [0.15, 0.2) is 0 Å². The summed E-state index contributed by atoms with van der Waals surface area (Å²) < 4.78 is 20.1. The fourth-order valence-corrected chi connectivity index (χ4v) is 6.27. The van der Waals surface area contributed by atoms with Crippen LogP contribution in [0.2, 0.25) is 0 Å². The van der Waals surface area contributed by atoms with Crippen LogP contribution in [0.4, 0.5) is 9.39 Å². The van der Waals surface area contributed by atoms with Gasteiger partial charge in [-0.15, -0.1) is 11.3 Å². The lowest BCUT2D eigenvalue weighted by atomic mass is 9.72. The highest BCUT2D eigenvalue weighted by molar-refractivity contribution is 7.17. The van der Waals surface area contributed by atoms with Crippen molar-refractivity contribution in [1.29, 1.82) is 0 Å². The lowest BCUT2D eigenvalue weighted by Crippen LogP contribution is -2.48. The van der Waals surface area contributed by atoms with Crippen LogP contribution in [-0.4, -0.2) is 42.0 Å². The molecule has 2 amide bonds. The van der Waals surface area contributed by atoms with Gasteiger partial charge in [-0.3, -0.25) is 9.59 Å². The summed E-state index contributed by atoms with van der Waals surface area (Å²) in [6.45, 7) is 11.7. The second kappa shape index (κ2) is 9.18. The van der Waals surface area contributed by atoms with Crippen molar-refractivity contribution >= 4 is 28.2 Å². The Morgan fingerprint density at radius 2 is 1.82 bits per heavy atom. The van der Waals surface area contributed by atoms with Crippen molar-refractivity contribution in [1.82, 2.24) is 4.90 Å². The molecule has 3 atom stereocenters. The minimum absolute atomic E-state index is 0.0246. The van der Waals surface area contributed by atoms with E-state index in [0.29, 0.717) is 29.6 Å². The van der Waals surface area contributed by atoms with Crippen LogP contribution in [0.5, 0.6) is 0 Å². The number of carbonyl (C=O) groups excluding carboxylic acids is 2. The molecule has 1 N–H and O–H groups in total. The van der Waals surface area contributed by atoms with E-state index in [1.807, 2.05) is 18.7 Å². The van der Waals surface area contributed by atoms with Crippen molar-refractivity contribution in [2.45, 2.75) is 66.1 Å². The highest BCUT2D eigenvalue weighted by atomic mass is 32.1. The first-order chi connectivity index (χ1) is 15.5. The normalized spacial score (nSPS) is 23.2. The fourth-order valence-electron chi connectivity index (χ4n) is 4.96. The Labute approximate surface area is 199 Å². The summed E-state index contributed by atoms with van der Waals surface area (Å²) >= 11 is 1.47. The van der Waals surface area contributed by atoms with Gasteiger partial charge in [0.25, 0.3) is 11.8 Å². The second-order valence-electron chi connectivity index (χ2n) is 10.4. The van der Waals surface area contributed by atoms with E-state index in [2.05, 4.69) is 26.1 Å². The van der Waals surface area contributed by atoms with Crippen molar-refractivity contribution in [2.75, 3.05) is 18.4 Å². The summed E-state index contributed by atoms with van der Waals surface area (Å²) in [5, 5.41) is 3.41. The van der Waals surface area contributed by atoms with E-state index in [4.69, 9.17) is 4.74 Å². The molecule has 1 aliphatic carbocycles. The van der Waals surface area contributed by atoms with E-state index < -0.39 is 11.7 Å². The van der Waals surface area contributed by atoms with Gasteiger partial charge in [0.05, 0.1) is 23.3 Å². The summed E-state index contributed by atoms with van der Waals surface area (Å²) in [4.78, 5) is 29.7. The molecule has 1 saturated heterocycles. The summed E-state index contributed by atoms with van der Waals surface area (Å²) in [6.07, 6.45) is 2.60. The average Bonchev–Trinajstić information content (AvgIpc) is 3.09. The molecular formula is C26H33FN2O3S. The molecule has 0 unspecified atom stereocenters. The van der Waals surface area contributed by atoms with Gasteiger partial charge in [-0.2, -0.15) is 0 Å². The smallest absolute Gasteiger partial charge is 0.259 e. The van der Waals surface area contributed by atoms with E-state index in [1.54, 1.807) is 12.1 Å². The Morgan fingerprint density at radius 3 is 2.45 bits per heavy atom. The number of thiophene rings is 1. The number of nitrogens with one attached hydrogen (secondary N) is 1. The van der Waals surface area contributed by atoms with Crippen LogP contribution < -0.4 is 5.32 Å². The summed E-state index contributed by atoms with van der Waals surface area (Å²) in [5.74, 6) is -0.678. The third-order valence-corrected chi connectivity index (χ3v) is 7.93. The third-order valence-electron chi connectivity index (χ3n) is 6.76. The van der Waals surface area contributed by atoms with Gasteiger partial charge in [-0.05, 0) is 62.1 Å². The molecule has 2 heterocycles. The van der Waals surface area contributed by atoms with Crippen LogP contribution in [0, 0.1) is 17.2 Å². The largest absolute Gasteiger partial charge is 0.372 e. The molecule has 5 nitrogen and oxygen atoms in total. The predicted octanol–water partition coefficient (Wildman–Crippen LogP) is 5.54. The number of hydrogen-bond donors (Lipinski definition) is 1. The number of morpholine rings is 1. The molecular weight excluding hydrogens is 439 g/mol. The molecule has 1 aromatic carbocycles. The Hall–Kier alpha value is -2.25. The van der Waals surface area contributed by atoms with E-state index in [9.17, 15) is 14.0 Å². The van der Waals surface area contributed by atoms with Crippen LogP contribution in [-0.2, 0) is 17.6 Å². The van der Waals surface area contributed by atoms with Crippen LogP contribution in [0.3, 0.4) is 0 Å². The molecule has 0 saturated carbocycles. The lowest BCUT2D eigenvalue weighted by Gasteiger charge is -2.36. The average molecular weight is 473 g/mol. The van der Waals surface area contributed by atoms with Crippen molar-refractivity contribution in [2.24, 2.45) is 11.3 Å². The zero-order valence-electron chi connectivity index (χ0n) is 20.0. The number of carbonyl (C=O) groups is 2. The minimum Gasteiger partial charge on any atom is -0.372 e. The zero-order chi connectivity index (χ0) is 23.9. The van der Waals surface area contributed by atoms with Crippen LogP contribution in [0.15, 0.2) is 24.3 Å². The number of amides is 2. The Balaban J connectivity index is 1.71. The Kier molecular flexibility index (Phi) is 6.65. The number of hydrogen-bond acceptors (Lipinski definition) is 4. The van der Waals surface area contributed by atoms with Crippen molar-refractivity contribution in [3.05, 3.63) is 51.7 Å². The maximum Gasteiger partial charge on any atom is 0.259 e. The van der Waals surface area contributed by atoms with E-state index >= 15 is 0 Å². The Bertz CT molecular complexity index is 1050. The van der Waals surface area contributed by atoms with Gasteiger partial charge in [0.2, 0.25) is 0 Å². The first-order valence-electron chi connectivity index (χ1n) is 11.7. The first-order valence-corrected chi connectivity index (χ1v) is 12.5. The molecule has 33 heavy (non-hydrogen) atoms. The van der Waals surface area contributed by atoms with Gasteiger partial charge in [0.1, 0.15) is 10.8 Å². The summed E-state index contributed by atoms with van der Waals surface area (Å²) in [7, 11) is 0. The van der Waals surface area contributed by atoms with Gasteiger partial charge < -0.3 is 15.0 Å². The van der Waals surface area contributed by atoms with Crippen LogP contribution in [0.1, 0.15) is 72.2 Å². The van der Waals surface area contributed by atoms with Crippen molar-refractivity contribution < 1.29 is 18.7 Å². The predicted molar refractivity (Wildman–Crippen MR) is 130 cm³/mol. The number of nitrogens with zero attached hydrogens (tertiary/aromatic N) is 1. The second-order valence-corrected chi connectivity index (χ2v) is 11.5. The number of anilines is 1. The zero-order valence-corrected chi connectivity index (χ0v) is 20.9. The quantitative estimate of drug-likeness (QED) is 0.638. The van der Waals surface area contributed by atoms with E-state index in [0.717, 1.165) is 29.7 Å². The SMILES string of the molecule is C[C@@H]1CN(C(=O)c2c(NC(=O)c3ccccc3F)sc3c2CC[C@@H](C(C)(C)C)C3)C[C@H](C)O1. The highest BCUT2D eigenvalue weighted by Crippen LogP contribution is 2.45. The van der Waals surface area contributed by atoms with Gasteiger partial charge in [-0.25, -0.2) is 4.39 Å². The molecule has 4 rings (SSSR count). The number of benzene rings is 1. The highest BCUT2D eigenvalue weighted by Gasteiger charge is 2.36. The molecule has 7 heteroatoms. The van der Waals surface area contributed by atoms with Crippen LogP contribution >= 0.6 is 11.3 Å². The molecule has 1 aromatic heterocycles. The van der Waals surface area contributed by atoms with Gasteiger partial charge in [0, 0.05) is 18.0 Å². The number of rotatable bonds is 3. The molecule has 178 valence electrons. The standard InChI is InChI=1S/C26H33FN2O3S/c1-15-13-29(14-16(2)32-15)25(31)22-19-11-10-17(26(3,4)5)12-21(19)33-24(22)28-23(30)18-8-6-7-9-20(18)27/h6-9,15-17H,10-14H2,1-5H3,(H,28,30)/t15-,16+,17-/m1/s1. The first kappa shape index (κ1) is 23.9. The third kappa shape index (κ3) is 4.99. The van der Waals surface area contributed by atoms with Gasteiger partial charge in [-0.1, -0.05) is 32.9 Å². The lowest BCUT2D eigenvalue weighted by molar-refractivity contribution is -0.0586. The van der Waals surface area contributed by atoms with Crippen molar-refractivity contribution in [3.63, 3.8) is 0 Å². The maximum atomic E-state index is 14.2. The Morgan fingerprint density at radius 1 is 1.15 bits per heavy atom. The molecule has 2 aromatic rings. The molecule has 2 aliphatic rings. The monoisotopic (exact) mass is 472 g/mol. The molecule has 0 radical (unpaired) electrons. The number of ether oxygens (including phenoxy) is 1. The number of halogens is 1. The van der Waals surface area contributed by atoms with E-state index in [-0.39, 0.29) is 29.1 Å².